The summed E-state index contributed by atoms with van der Waals surface area (Å²) in [7, 11) is 1.75. The maximum atomic E-state index is 5.23. The molecule has 1 aliphatic carbocycles. The molecule has 98 valence electrons. The van der Waals surface area contributed by atoms with Gasteiger partial charge in [-0.25, -0.2) is 0 Å². The van der Waals surface area contributed by atoms with Gasteiger partial charge in [-0.2, -0.15) is 0 Å². The lowest BCUT2D eigenvalue weighted by molar-refractivity contribution is 0.140. The molecular formula is C13H24N2OS. The highest BCUT2D eigenvalue weighted by Crippen LogP contribution is 2.39. The smallest absolute Gasteiger partial charge is 0.157 e. The normalized spacial score (nSPS) is 23.8. The zero-order chi connectivity index (χ0) is 12.4. The van der Waals surface area contributed by atoms with Gasteiger partial charge in [0.25, 0.3) is 0 Å². The van der Waals surface area contributed by atoms with E-state index in [-0.39, 0.29) is 11.1 Å². The number of methoxy groups -OCH3 is 1. The van der Waals surface area contributed by atoms with E-state index in [1.54, 1.807) is 7.11 Å². The summed E-state index contributed by atoms with van der Waals surface area (Å²) in [6.07, 6.45) is 6.63. The molecule has 0 aromatic heterocycles. The Morgan fingerprint density at radius 3 is 2.71 bits per heavy atom. The number of aliphatic imine (C=N–C) groups is 1. The molecular weight excluding hydrogens is 232 g/mol. The molecule has 1 saturated carbocycles. The summed E-state index contributed by atoms with van der Waals surface area (Å²) in [6.45, 7) is 5.02. The van der Waals surface area contributed by atoms with Crippen LogP contribution in [0, 0.1) is 0 Å². The highest BCUT2D eigenvalue weighted by Gasteiger charge is 2.37. The topological polar surface area (TPSA) is 33.6 Å². The number of ether oxygens (including phenoxy) is 1. The summed E-state index contributed by atoms with van der Waals surface area (Å²) in [5.41, 5.74) is 0.231. The Morgan fingerprint density at radius 2 is 2.06 bits per heavy atom. The number of hydrogen-bond acceptors (Lipinski definition) is 4. The Hall–Kier alpha value is -0.220. The van der Waals surface area contributed by atoms with Crippen LogP contribution in [0.5, 0.6) is 0 Å². The zero-order valence-corrected chi connectivity index (χ0v) is 12.0. The number of hydrogen-bond donors (Lipinski definition) is 1. The summed E-state index contributed by atoms with van der Waals surface area (Å²) in [4.78, 5) is 4.96. The average molecular weight is 256 g/mol. The molecule has 1 spiro atoms. The van der Waals surface area contributed by atoms with Gasteiger partial charge in [-0.3, -0.25) is 4.99 Å². The fourth-order valence-corrected chi connectivity index (χ4v) is 4.06. The third-order valence-corrected chi connectivity index (χ3v) is 4.70. The molecule has 0 amide bonds. The van der Waals surface area contributed by atoms with Crippen LogP contribution in [0.1, 0.15) is 46.0 Å². The Bertz CT molecular complexity index is 296. The Kier molecular flexibility index (Phi) is 4.03. The van der Waals surface area contributed by atoms with Crippen molar-refractivity contribution >= 4 is 16.9 Å². The van der Waals surface area contributed by atoms with Crippen LogP contribution in [0.25, 0.3) is 0 Å². The summed E-state index contributed by atoms with van der Waals surface area (Å²) >= 11 is 1.88. The van der Waals surface area contributed by atoms with E-state index < -0.39 is 0 Å². The third-order valence-electron chi connectivity index (χ3n) is 3.55. The number of nitrogens with one attached hydrogen (secondary N) is 1. The molecule has 1 heterocycles. The second-order valence-electron chi connectivity index (χ2n) is 5.93. The van der Waals surface area contributed by atoms with Crippen molar-refractivity contribution in [3.8, 4) is 0 Å². The zero-order valence-electron chi connectivity index (χ0n) is 11.2. The molecule has 1 fully saturated rings. The van der Waals surface area contributed by atoms with Crippen molar-refractivity contribution in [1.82, 2.24) is 5.32 Å². The van der Waals surface area contributed by atoms with Crippen molar-refractivity contribution < 1.29 is 4.74 Å². The minimum absolute atomic E-state index is 0.0270. The molecule has 3 nitrogen and oxygen atoms in total. The summed E-state index contributed by atoms with van der Waals surface area (Å²) in [5.74, 6) is 1.17. The van der Waals surface area contributed by atoms with Crippen LogP contribution in [-0.4, -0.2) is 35.7 Å². The van der Waals surface area contributed by atoms with E-state index in [4.69, 9.17) is 9.73 Å². The molecule has 0 unspecified atom stereocenters. The lowest BCUT2D eigenvalue weighted by atomic mass is 9.84. The van der Waals surface area contributed by atoms with Gasteiger partial charge in [0.2, 0.25) is 0 Å². The number of rotatable bonds is 3. The van der Waals surface area contributed by atoms with E-state index in [0.717, 1.165) is 5.17 Å². The SMILES string of the molecule is COCC(C)(C)NC1=NC2(CCCCC2)CS1. The fraction of sp³-hybridized carbons (Fsp3) is 0.923. The number of thioether (sulfide) groups is 1. The average Bonchev–Trinajstić information content (AvgIpc) is 2.61. The molecule has 2 rings (SSSR count). The maximum absolute atomic E-state index is 5.23. The van der Waals surface area contributed by atoms with E-state index >= 15 is 0 Å². The van der Waals surface area contributed by atoms with Gasteiger partial charge in [-0.05, 0) is 26.7 Å². The first kappa shape index (κ1) is 13.2. The van der Waals surface area contributed by atoms with Crippen molar-refractivity contribution in [2.75, 3.05) is 19.5 Å². The van der Waals surface area contributed by atoms with Gasteiger partial charge in [-0.1, -0.05) is 31.0 Å². The van der Waals surface area contributed by atoms with Crippen molar-refractivity contribution in [2.24, 2.45) is 4.99 Å². The van der Waals surface area contributed by atoms with Crippen LogP contribution < -0.4 is 5.32 Å². The largest absolute Gasteiger partial charge is 0.382 e. The number of amidine groups is 1. The van der Waals surface area contributed by atoms with Crippen molar-refractivity contribution in [3.05, 3.63) is 0 Å². The lowest BCUT2D eigenvalue weighted by Gasteiger charge is -2.29. The fourth-order valence-electron chi connectivity index (χ4n) is 2.70. The Balaban J connectivity index is 1.96. The maximum Gasteiger partial charge on any atom is 0.157 e. The first-order chi connectivity index (χ1) is 8.05. The minimum Gasteiger partial charge on any atom is -0.382 e. The molecule has 1 aliphatic heterocycles. The minimum atomic E-state index is -0.0270. The molecule has 0 bridgehead atoms. The van der Waals surface area contributed by atoms with Crippen LogP contribution in [0.2, 0.25) is 0 Å². The summed E-state index contributed by atoms with van der Waals surface area (Å²) < 4.78 is 5.23. The highest BCUT2D eigenvalue weighted by molar-refractivity contribution is 8.14. The van der Waals surface area contributed by atoms with Crippen LogP contribution >= 0.6 is 11.8 Å². The van der Waals surface area contributed by atoms with E-state index in [2.05, 4.69) is 19.2 Å². The van der Waals surface area contributed by atoms with Gasteiger partial charge in [0.05, 0.1) is 17.7 Å². The van der Waals surface area contributed by atoms with Gasteiger partial charge < -0.3 is 10.1 Å². The van der Waals surface area contributed by atoms with Gasteiger partial charge in [0.1, 0.15) is 0 Å². The molecule has 2 aliphatic rings. The van der Waals surface area contributed by atoms with E-state index in [1.807, 2.05) is 11.8 Å². The van der Waals surface area contributed by atoms with Crippen LogP contribution in [0.4, 0.5) is 0 Å². The van der Waals surface area contributed by atoms with Crippen LogP contribution in [-0.2, 0) is 4.74 Å². The molecule has 0 saturated heterocycles. The predicted octanol–water partition coefficient (Wildman–Crippen LogP) is 2.81. The molecule has 4 heteroatoms. The number of nitrogens with zero attached hydrogens (tertiary/aromatic N) is 1. The summed E-state index contributed by atoms with van der Waals surface area (Å²) in [5, 5.41) is 4.64. The van der Waals surface area contributed by atoms with Crippen LogP contribution in [0.3, 0.4) is 0 Å². The van der Waals surface area contributed by atoms with Crippen LogP contribution in [0.15, 0.2) is 4.99 Å². The molecule has 0 atom stereocenters. The molecule has 0 radical (unpaired) electrons. The quantitative estimate of drug-likeness (QED) is 0.843. The monoisotopic (exact) mass is 256 g/mol. The van der Waals surface area contributed by atoms with E-state index in [9.17, 15) is 0 Å². The lowest BCUT2D eigenvalue weighted by Crippen LogP contribution is -2.45. The van der Waals surface area contributed by atoms with Crippen molar-refractivity contribution in [2.45, 2.75) is 57.0 Å². The molecule has 0 aromatic carbocycles. The second kappa shape index (κ2) is 5.19. The van der Waals surface area contributed by atoms with Gasteiger partial charge in [0, 0.05) is 12.9 Å². The first-order valence-electron chi connectivity index (χ1n) is 6.55. The summed E-state index contributed by atoms with van der Waals surface area (Å²) in [6, 6.07) is 0. The Labute approximate surface area is 109 Å². The second-order valence-corrected chi connectivity index (χ2v) is 6.90. The standard InChI is InChI=1S/C13H24N2OS/c1-12(2,9-16-3)14-11-15-13(10-17-11)7-5-4-6-8-13/h4-10H2,1-3H3,(H,14,15). The van der Waals surface area contributed by atoms with Gasteiger partial charge in [-0.15, -0.1) is 0 Å². The Morgan fingerprint density at radius 1 is 1.35 bits per heavy atom. The van der Waals surface area contributed by atoms with Gasteiger partial charge in [0.15, 0.2) is 5.17 Å². The first-order valence-corrected chi connectivity index (χ1v) is 7.54. The van der Waals surface area contributed by atoms with Crippen molar-refractivity contribution in [3.63, 3.8) is 0 Å². The predicted molar refractivity (Wildman–Crippen MR) is 74.8 cm³/mol. The molecule has 1 N–H and O–H groups in total. The van der Waals surface area contributed by atoms with Gasteiger partial charge >= 0.3 is 0 Å². The molecule has 0 aromatic rings. The third kappa shape index (κ3) is 3.38. The van der Waals surface area contributed by atoms with E-state index in [1.165, 1.54) is 37.9 Å². The van der Waals surface area contributed by atoms with E-state index in [0.29, 0.717) is 6.61 Å². The van der Waals surface area contributed by atoms with Crippen molar-refractivity contribution in [1.29, 1.82) is 0 Å². The molecule has 17 heavy (non-hydrogen) atoms. The highest BCUT2D eigenvalue weighted by atomic mass is 32.2.